The number of nitrogens with zero attached hydrogens (tertiary/aromatic N) is 1. The van der Waals surface area contributed by atoms with Crippen LogP contribution in [0, 0.1) is 23.0 Å². The first-order valence-corrected chi connectivity index (χ1v) is 6.31. The molecule has 2 nitrogen and oxygen atoms in total. The molecule has 0 bridgehead atoms. The molecule has 0 spiro atoms. The first-order valence-electron chi connectivity index (χ1n) is 5.93. The summed E-state index contributed by atoms with van der Waals surface area (Å²) in [5.74, 6) is -1.76. The molecule has 2 aromatic rings. The number of nitriles is 1. The molecule has 0 aliphatic rings. The Morgan fingerprint density at radius 2 is 2.00 bits per heavy atom. The van der Waals surface area contributed by atoms with Gasteiger partial charge in [-0.15, -0.1) is 0 Å². The minimum Gasteiger partial charge on any atom is -0.377 e. The summed E-state index contributed by atoms with van der Waals surface area (Å²) >= 11 is 6.03. The molecule has 20 heavy (non-hydrogen) atoms. The van der Waals surface area contributed by atoms with E-state index in [9.17, 15) is 8.78 Å². The van der Waals surface area contributed by atoms with E-state index in [0.29, 0.717) is 16.3 Å². The predicted molar refractivity (Wildman–Crippen MR) is 74.6 cm³/mol. The largest absolute Gasteiger partial charge is 0.377 e. The highest BCUT2D eigenvalue weighted by Crippen LogP contribution is 2.28. The molecule has 0 fully saturated rings. The van der Waals surface area contributed by atoms with Crippen molar-refractivity contribution in [2.24, 2.45) is 0 Å². The van der Waals surface area contributed by atoms with Crippen molar-refractivity contribution >= 4 is 17.3 Å². The second-order valence-corrected chi connectivity index (χ2v) is 4.72. The van der Waals surface area contributed by atoms with Crippen molar-refractivity contribution in [1.82, 2.24) is 0 Å². The van der Waals surface area contributed by atoms with Crippen LogP contribution in [0.2, 0.25) is 5.02 Å². The van der Waals surface area contributed by atoms with Crippen molar-refractivity contribution < 1.29 is 8.78 Å². The Bertz CT molecular complexity index is 680. The second kappa shape index (κ2) is 5.89. The SMILES string of the molecule is CC(Nc1ccc(C#N)cc1Cl)c1cccc(F)c1F. The summed E-state index contributed by atoms with van der Waals surface area (Å²) in [5.41, 5.74) is 1.21. The summed E-state index contributed by atoms with van der Waals surface area (Å²) in [5, 5.41) is 12.1. The van der Waals surface area contributed by atoms with Crippen molar-refractivity contribution in [3.8, 4) is 6.07 Å². The molecule has 1 unspecified atom stereocenters. The molecule has 1 N–H and O–H groups in total. The maximum atomic E-state index is 13.7. The number of anilines is 1. The zero-order valence-corrected chi connectivity index (χ0v) is 11.4. The number of nitrogens with one attached hydrogen (secondary N) is 1. The van der Waals surface area contributed by atoms with E-state index in [-0.39, 0.29) is 5.56 Å². The molecule has 5 heteroatoms. The lowest BCUT2D eigenvalue weighted by atomic mass is 10.1. The number of halogens is 3. The minimum atomic E-state index is -0.887. The lowest BCUT2D eigenvalue weighted by Gasteiger charge is -2.17. The van der Waals surface area contributed by atoms with Gasteiger partial charge in [0.05, 0.1) is 28.4 Å². The summed E-state index contributed by atoms with van der Waals surface area (Å²) in [7, 11) is 0. The van der Waals surface area contributed by atoms with Crippen LogP contribution in [0.3, 0.4) is 0 Å². The molecule has 0 heterocycles. The van der Waals surface area contributed by atoms with Gasteiger partial charge >= 0.3 is 0 Å². The van der Waals surface area contributed by atoms with Crippen molar-refractivity contribution in [3.05, 3.63) is 64.2 Å². The molecule has 2 aromatic carbocycles. The van der Waals surface area contributed by atoms with E-state index in [1.54, 1.807) is 19.1 Å². The first kappa shape index (κ1) is 14.3. The summed E-state index contributed by atoms with van der Waals surface area (Å²) in [6.07, 6.45) is 0. The Kier molecular flexibility index (Phi) is 4.21. The molecular weight excluding hydrogens is 282 g/mol. The van der Waals surface area contributed by atoms with Crippen molar-refractivity contribution in [3.63, 3.8) is 0 Å². The maximum Gasteiger partial charge on any atom is 0.164 e. The van der Waals surface area contributed by atoms with Crippen molar-refractivity contribution in [2.75, 3.05) is 5.32 Å². The molecule has 0 aromatic heterocycles. The molecule has 0 amide bonds. The smallest absolute Gasteiger partial charge is 0.164 e. The van der Waals surface area contributed by atoms with E-state index in [4.69, 9.17) is 16.9 Å². The van der Waals surface area contributed by atoms with Gasteiger partial charge in [-0.1, -0.05) is 23.7 Å². The van der Waals surface area contributed by atoms with Crippen LogP contribution < -0.4 is 5.32 Å². The van der Waals surface area contributed by atoms with Gasteiger partial charge in [0.1, 0.15) is 0 Å². The summed E-state index contributed by atoms with van der Waals surface area (Å²) < 4.78 is 26.9. The van der Waals surface area contributed by atoms with Crippen molar-refractivity contribution in [2.45, 2.75) is 13.0 Å². The van der Waals surface area contributed by atoms with E-state index in [1.165, 1.54) is 18.2 Å². The molecule has 102 valence electrons. The van der Waals surface area contributed by atoms with Gasteiger partial charge in [0.2, 0.25) is 0 Å². The maximum absolute atomic E-state index is 13.7. The molecule has 0 saturated heterocycles. The number of benzene rings is 2. The average Bonchev–Trinajstić information content (AvgIpc) is 2.44. The quantitative estimate of drug-likeness (QED) is 0.893. The molecular formula is C15H11ClF2N2. The van der Waals surface area contributed by atoms with Crippen LogP contribution >= 0.6 is 11.6 Å². The first-order chi connectivity index (χ1) is 9.52. The van der Waals surface area contributed by atoms with Crippen molar-refractivity contribution in [1.29, 1.82) is 5.26 Å². The van der Waals surface area contributed by atoms with Gasteiger partial charge in [0, 0.05) is 5.56 Å². The van der Waals surface area contributed by atoms with Gasteiger partial charge in [-0.25, -0.2) is 8.78 Å². The summed E-state index contributed by atoms with van der Waals surface area (Å²) in [4.78, 5) is 0. The van der Waals surface area contributed by atoms with E-state index in [0.717, 1.165) is 6.07 Å². The van der Waals surface area contributed by atoms with Crippen LogP contribution in [0.15, 0.2) is 36.4 Å². The van der Waals surface area contributed by atoms with E-state index < -0.39 is 17.7 Å². The zero-order valence-electron chi connectivity index (χ0n) is 10.6. The van der Waals surface area contributed by atoms with Crippen LogP contribution in [-0.2, 0) is 0 Å². The molecule has 0 aliphatic heterocycles. The standard InChI is InChI=1S/C15H11ClF2N2/c1-9(11-3-2-4-13(17)15(11)18)20-14-6-5-10(8-19)7-12(14)16/h2-7,9,20H,1H3. The Hall–Kier alpha value is -2.12. The van der Waals surface area contributed by atoms with E-state index in [2.05, 4.69) is 5.32 Å². The van der Waals surface area contributed by atoms with Crippen LogP contribution in [0.4, 0.5) is 14.5 Å². The van der Waals surface area contributed by atoms with Crippen LogP contribution in [0.25, 0.3) is 0 Å². The molecule has 1 atom stereocenters. The third-order valence-electron chi connectivity index (χ3n) is 2.92. The molecule has 0 radical (unpaired) electrons. The van der Waals surface area contributed by atoms with Crippen LogP contribution in [-0.4, -0.2) is 0 Å². The highest BCUT2D eigenvalue weighted by molar-refractivity contribution is 6.33. The van der Waals surface area contributed by atoms with Gasteiger partial charge in [-0.2, -0.15) is 5.26 Å². The topological polar surface area (TPSA) is 35.8 Å². The van der Waals surface area contributed by atoms with Crippen LogP contribution in [0.1, 0.15) is 24.1 Å². The number of rotatable bonds is 3. The number of hydrogen-bond acceptors (Lipinski definition) is 2. The monoisotopic (exact) mass is 292 g/mol. The van der Waals surface area contributed by atoms with Gasteiger partial charge in [0.25, 0.3) is 0 Å². The minimum absolute atomic E-state index is 0.213. The zero-order chi connectivity index (χ0) is 14.7. The molecule has 2 rings (SSSR count). The summed E-state index contributed by atoms with van der Waals surface area (Å²) in [6, 6.07) is 10.3. The fraction of sp³-hybridized carbons (Fsp3) is 0.133. The normalized spacial score (nSPS) is 11.8. The van der Waals surface area contributed by atoms with E-state index >= 15 is 0 Å². The Balaban J connectivity index is 2.26. The molecule has 0 aliphatic carbocycles. The average molecular weight is 293 g/mol. The lowest BCUT2D eigenvalue weighted by Crippen LogP contribution is -2.10. The number of hydrogen-bond donors (Lipinski definition) is 1. The Morgan fingerprint density at radius 3 is 2.65 bits per heavy atom. The Morgan fingerprint density at radius 1 is 1.25 bits per heavy atom. The third kappa shape index (κ3) is 2.89. The fourth-order valence-electron chi connectivity index (χ4n) is 1.87. The van der Waals surface area contributed by atoms with E-state index in [1.807, 2.05) is 6.07 Å². The highest BCUT2D eigenvalue weighted by Gasteiger charge is 2.15. The van der Waals surface area contributed by atoms with Gasteiger partial charge in [-0.05, 0) is 31.2 Å². The van der Waals surface area contributed by atoms with Gasteiger partial charge in [-0.3, -0.25) is 0 Å². The predicted octanol–water partition coefficient (Wildman–Crippen LogP) is 4.66. The second-order valence-electron chi connectivity index (χ2n) is 4.32. The Labute approximate surface area is 120 Å². The lowest BCUT2D eigenvalue weighted by molar-refractivity contribution is 0.494. The molecule has 0 saturated carbocycles. The fourth-order valence-corrected chi connectivity index (χ4v) is 2.10. The van der Waals surface area contributed by atoms with Gasteiger partial charge in [0.15, 0.2) is 11.6 Å². The third-order valence-corrected chi connectivity index (χ3v) is 3.23. The highest BCUT2D eigenvalue weighted by atomic mass is 35.5. The van der Waals surface area contributed by atoms with Gasteiger partial charge < -0.3 is 5.32 Å². The van der Waals surface area contributed by atoms with Crippen LogP contribution in [0.5, 0.6) is 0 Å². The summed E-state index contributed by atoms with van der Waals surface area (Å²) in [6.45, 7) is 1.70.